The summed E-state index contributed by atoms with van der Waals surface area (Å²) in [4.78, 5) is 9.53. The fourth-order valence-corrected chi connectivity index (χ4v) is 1.90. The lowest BCUT2D eigenvalue weighted by molar-refractivity contribution is 0.0558. The molecule has 74 valence electrons. The van der Waals surface area contributed by atoms with Gasteiger partial charge in [-0.05, 0) is 0 Å². The summed E-state index contributed by atoms with van der Waals surface area (Å²) < 4.78 is 7.28. The lowest BCUT2D eigenvalue weighted by Gasteiger charge is -2.05. The van der Waals surface area contributed by atoms with Crippen LogP contribution in [-0.4, -0.2) is 34.6 Å². The number of aromatic nitrogens is 2. The molecule has 0 radical (unpaired) electrons. The van der Waals surface area contributed by atoms with Gasteiger partial charge in [-0.15, -0.1) is 0 Å². The second-order valence-corrected chi connectivity index (χ2v) is 3.63. The van der Waals surface area contributed by atoms with Gasteiger partial charge >= 0.3 is 0 Å². The molecule has 0 aromatic carbocycles. The number of oxime groups is 1. The predicted molar refractivity (Wildman–Crippen MR) is 48.9 cm³/mol. The monoisotopic (exact) mass is 193 g/mol. The van der Waals surface area contributed by atoms with E-state index in [1.165, 1.54) is 0 Å². The van der Waals surface area contributed by atoms with Gasteiger partial charge in [-0.25, -0.2) is 4.98 Å². The number of nitrogens with zero attached hydrogens (tertiary/aromatic N) is 3. The Balaban J connectivity index is 1.96. The number of ether oxygens (including phenoxy) is 1. The minimum Gasteiger partial charge on any atom is -0.389 e. The van der Waals surface area contributed by atoms with Crippen molar-refractivity contribution in [3.8, 4) is 0 Å². The Morgan fingerprint density at radius 3 is 3.21 bits per heavy atom. The van der Waals surface area contributed by atoms with E-state index in [4.69, 9.17) is 9.57 Å². The van der Waals surface area contributed by atoms with Crippen molar-refractivity contribution in [2.24, 2.45) is 18.1 Å². The van der Waals surface area contributed by atoms with E-state index in [0.717, 1.165) is 11.5 Å². The van der Waals surface area contributed by atoms with Gasteiger partial charge in [-0.3, -0.25) is 0 Å². The van der Waals surface area contributed by atoms with E-state index in [9.17, 15) is 0 Å². The first-order chi connectivity index (χ1) is 6.86. The molecule has 1 aromatic heterocycles. The van der Waals surface area contributed by atoms with Crippen LogP contribution in [-0.2, 0) is 16.6 Å². The maximum absolute atomic E-state index is 5.34. The molecule has 0 N–H and O–H groups in total. The molecule has 0 saturated carbocycles. The number of fused-ring (bicyclic) bond motifs is 1. The molecule has 5 heteroatoms. The summed E-state index contributed by atoms with van der Waals surface area (Å²) >= 11 is 0. The molecule has 2 aliphatic rings. The van der Waals surface area contributed by atoms with E-state index in [-0.39, 0.29) is 12.0 Å². The van der Waals surface area contributed by atoms with Crippen molar-refractivity contribution in [3.63, 3.8) is 0 Å². The van der Waals surface area contributed by atoms with Crippen LogP contribution < -0.4 is 0 Å². The predicted octanol–water partition coefficient (Wildman–Crippen LogP) is 0.169. The molecule has 2 aliphatic heterocycles. The van der Waals surface area contributed by atoms with E-state index in [1.807, 2.05) is 17.8 Å². The van der Waals surface area contributed by atoms with Gasteiger partial charge in [0.1, 0.15) is 5.71 Å². The molecular formula is C9H11N3O2. The SMILES string of the molecule is Cn1ccnc1C1=NOC2COCC12. The molecule has 2 atom stereocenters. The molecule has 0 spiro atoms. The maximum Gasteiger partial charge on any atom is 0.161 e. The van der Waals surface area contributed by atoms with Crippen molar-refractivity contribution in [2.45, 2.75) is 6.10 Å². The van der Waals surface area contributed by atoms with Gasteiger partial charge in [-0.1, -0.05) is 5.16 Å². The maximum atomic E-state index is 5.34. The number of imidazole rings is 1. The lowest BCUT2D eigenvalue weighted by Crippen LogP contribution is -2.23. The van der Waals surface area contributed by atoms with Crippen molar-refractivity contribution in [2.75, 3.05) is 13.2 Å². The summed E-state index contributed by atoms with van der Waals surface area (Å²) in [5.74, 6) is 1.14. The average Bonchev–Trinajstić information content (AvgIpc) is 2.78. The Morgan fingerprint density at radius 1 is 1.50 bits per heavy atom. The smallest absolute Gasteiger partial charge is 0.161 e. The van der Waals surface area contributed by atoms with Crippen LogP contribution in [0.15, 0.2) is 17.5 Å². The van der Waals surface area contributed by atoms with E-state index in [2.05, 4.69) is 10.1 Å². The van der Waals surface area contributed by atoms with Gasteiger partial charge in [0.05, 0.1) is 19.1 Å². The third-order valence-electron chi connectivity index (χ3n) is 2.72. The highest BCUT2D eigenvalue weighted by atomic mass is 16.7. The largest absolute Gasteiger partial charge is 0.389 e. The van der Waals surface area contributed by atoms with Crippen molar-refractivity contribution < 1.29 is 9.57 Å². The number of rotatable bonds is 1. The number of aryl methyl sites for hydroxylation is 1. The van der Waals surface area contributed by atoms with Gasteiger partial charge in [0, 0.05) is 19.4 Å². The van der Waals surface area contributed by atoms with E-state index >= 15 is 0 Å². The molecule has 0 aliphatic carbocycles. The molecule has 0 amide bonds. The van der Waals surface area contributed by atoms with Crippen molar-refractivity contribution >= 4 is 5.71 Å². The lowest BCUT2D eigenvalue weighted by atomic mass is 10.0. The van der Waals surface area contributed by atoms with Crippen molar-refractivity contribution in [3.05, 3.63) is 18.2 Å². The summed E-state index contributed by atoms with van der Waals surface area (Å²) in [6.07, 6.45) is 3.77. The zero-order valence-electron chi connectivity index (χ0n) is 7.88. The normalized spacial score (nSPS) is 29.9. The minimum atomic E-state index is 0.0988. The molecule has 3 heterocycles. The summed E-state index contributed by atoms with van der Waals surface area (Å²) in [7, 11) is 1.95. The van der Waals surface area contributed by atoms with Crippen LogP contribution in [0.2, 0.25) is 0 Å². The quantitative estimate of drug-likeness (QED) is 0.638. The Morgan fingerprint density at radius 2 is 2.43 bits per heavy atom. The first kappa shape index (κ1) is 7.99. The molecule has 1 fully saturated rings. The van der Waals surface area contributed by atoms with E-state index in [1.54, 1.807) is 6.20 Å². The fraction of sp³-hybridized carbons (Fsp3) is 0.556. The molecule has 2 unspecified atom stereocenters. The molecule has 0 bridgehead atoms. The third-order valence-corrected chi connectivity index (χ3v) is 2.72. The Hall–Kier alpha value is -1.36. The van der Waals surface area contributed by atoms with Crippen LogP contribution in [0, 0.1) is 5.92 Å². The van der Waals surface area contributed by atoms with Crippen molar-refractivity contribution in [1.29, 1.82) is 0 Å². The zero-order valence-corrected chi connectivity index (χ0v) is 7.88. The minimum absolute atomic E-state index is 0.0988. The van der Waals surface area contributed by atoms with Crippen molar-refractivity contribution in [1.82, 2.24) is 9.55 Å². The summed E-state index contributed by atoms with van der Waals surface area (Å²) in [6.45, 7) is 1.33. The molecule has 1 saturated heterocycles. The first-order valence-electron chi connectivity index (χ1n) is 4.65. The van der Waals surface area contributed by atoms with Gasteiger partial charge in [0.25, 0.3) is 0 Å². The number of hydrogen-bond acceptors (Lipinski definition) is 4. The van der Waals surface area contributed by atoms with Crippen LogP contribution >= 0.6 is 0 Å². The Kier molecular flexibility index (Phi) is 1.61. The van der Waals surface area contributed by atoms with Gasteiger partial charge in [-0.2, -0.15) is 0 Å². The highest BCUT2D eigenvalue weighted by Crippen LogP contribution is 2.27. The summed E-state index contributed by atoms with van der Waals surface area (Å²) in [6, 6.07) is 0. The zero-order chi connectivity index (χ0) is 9.54. The summed E-state index contributed by atoms with van der Waals surface area (Å²) in [5.41, 5.74) is 0.917. The summed E-state index contributed by atoms with van der Waals surface area (Å²) in [5, 5.41) is 4.08. The van der Waals surface area contributed by atoms with Gasteiger partial charge in [0.15, 0.2) is 11.9 Å². The van der Waals surface area contributed by atoms with Crippen LogP contribution in [0.3, 0.4) is 0 Å². The fourth-order valence-electron chi connectivity index (χ4n) is 1.90. The second kappa shape index (κ2) is 2.81. The van der Waals surface area contributed by atoms with Crippen LogP contribution in [0.4, 0.5) is 0 Å². The molecule has 5 nitrogen and oxygen atoms in total. The molecular weight excluding hydrogens is 182 g/mol. The highest BCUT2D eigenvalue weighted by molar-refractivity contribution is 6.00. The topological polar surface area (TPSA) is 48.6 Å². The van der Waals surface area contributed by atoms with Gasteiger partial charge < -0.3 is 14.1 Å². The second-order valence-electron chi connectivity index (χ2n) is 3.63. The Bertz CT molecular complexity index is 385. The van der Waals surface area contributed by atoms with E-state index in [0.29, 0.717) is 13.2 Å². The standard InChI is InChI=1S/C9H11N3O2/c1-12-3-2-10-9(12)8-6-4-13-5-7(6)14-11-8/h2-3,6-7H,4-5H2,1H3. The third kappa shape index (κ3) is 0.988. The Labute approximate surface area is 81.3 Å². The number of hydrogen-bond donors (Lipinski definition) is 0. The van der Waals surface area contributed by atoms with Crippen LogP contribution in [0.5, 0.6) is 0 Å². The van der Waals surface area contributed by atoms with Crippen LogP contribution in [0.1, 0.15) is 5.82 Å². The van der Waals surface area contributed by atoms with Crippen LogP contribution in [0.25, 0.3) is 0 Å². The average molecular weight is 193 g/mol. The first-order valence-corrected chi connectivity index (χ1v) is 4.65. The van der Waals surface area contributed by atoms with E-state index < -0.39 is 0 Å². The molecule has 3 rings (SSSR count). The highest BCUT2D eigenvalue weighted by Gasteiger charge is 2.41. The van der Waals surface area contributed by atoms with Gasteiger partial charge in [0.2, 0.25) is 0 Å². The molecule has 1 aromatic rings. The molecule has 14 heavy (non-hydrogen) atoms.